The van der Waals surface area contributed by atoms with Crippen LogP contribution >= 0.6 is 28.3 Å². The van der Waals surface area contributed by atoms with Crippen LogP contribution in [-0.4, -0.2) is 16.6 Å². The Kier molecular flexibility index (Phi) is 28.1. The fraction of sp³-hybridized carbons (Fsp3) is 0.0200. The van der Waals surface area contributed by atoms with E-state index < -0.39 is 5.41 Å². The van der Waals surface area contributed by atoms with E-state index in [4.69, 9.17) is 0 Å². The van der Waals surface area contributed by atoms with Crippen LogP contribution in [0.15, 0.2) is 437 Å². The van der Waals surface area contributed by atoms with Crippen molar-refractivity contribution in [3.8, 4) is 33.6 Å². The monoisotopic (exact) mass is 2100 g/mol. The predicted octanol–water partition coefficient (Wildman–Crippen LogP) is 27.8. The average Bonchev–Trinajstić information content (AvgIpc) is 1.60. The van der Waals surface area contributed by atoms with Crippen molar-refractivity contribution in [2.24, 2.45) is 0 Å². The maximum Gasteiger partial charge on any atom is 0.0716 e. The Morgan fingerprint density at radius 2 is 0.577 bits per heavy atom. The number of nitrogens with zero attached hydrogens (tertiary/aromatic N) is 6. The molecule has 6 nitrogen and oxygen atoms in total. The smallest absolute Gasteiger partial charge is 0.0716 e. The van der Waals surface area contributed by atoms with E-state index in [-0.39, 0.29) is 60.3 Å². The number of fused-ring (bicyclic) bond motifs is 4. The van der Waals surface area contributed by atoms with Gasteiger partial charge < -0.3 is 29.6 Å². The average molecular weight is 2100 g/mol. The van der Waals surface area contributed by atoms with Crippen LogP contribution in [0.1, 0.15) is 22.3 Å². The number of anilines is 12. The molecule has 111 heavy (non-hydrogen) atoms. The molecule has 547 valence electrons. The first-order chi connectivity index (χ1) is 53.5. The molecule has 18 rings (SSSR count). The molecule has 1 atom stereocenters. The van der Waals surface area contributed by atoms with E-state index in [2.05, 4.69) is 410 Å². The zero-order valence-corrected chi connectivity index (χ0v) is 71.0. The molecule has 11 heteroatoms. The minimum Gasteiger partial charge on any atom is -0.310 e. The summed E-state index contributed by atoms with van der Waals surface area (Å²) < 4.78 is 0. The maximum absolute atomic E-state index is 4.45. The number of para-hydroxylation sites is 8. The second kappa shape index (κ2) is 39.2. The van der Waals surface area contributed by atoms with Crippen molar-refractivity contribution in [2.45, 2.75) is 5.41 Å². The largest absolute Gasteiger partial charge is 0.310 e. The first-order valence-corrected chi connectivity index (χ1v) is 40.7. The standard InChI is InChI=1S/C73H54N4.C15H10N.C11H8N.CH4IP.3Ir/c1-9-29-57(30-10-1)74(58-31-11-2-12-32-58)65-49-55(50-66(53-65)75(59-33-13-3-14-34-59)60-35-15-4-16-36-60)73(71-47-27-25-45-69(71)70-46-26-28-48-72(70)73)56-51-67(76(61-37-17-5-18-38-61)62-39-19-6-20-40-62)54-68(52-56)77(63-41-21-7-22-42-63)64-43-23-8-24-44-64;1-2-7-13(8-3-1)15-14-9-5-4-6-12(14)10-11-16-15;1-2-6-10(7-3-1)11-8-4-5-9-12-11;1-3-2;;;/h1-54H;1-7,9-11H;1-6,8-9H;3H,1H3;;;/q;2*-1;;;;. The molecule has 3 radical (unpaired) electrons. The van der Waals surface area contributed by atoms with Crippen LogP contribution in [0.4, 0.5) is 68.2 Å². The first kappa shape index (κ1) is 79.7. The second-order valence-corrected chi connectivity index (χ2v) is 29.3. The zero-order chi connectivity index (χ0) is 73.1. The van der Waals surface area contributed by atoms with E-state index >= 15 is 0 Å². The van der Waals surface area contributed by atoms with Crippen LogP contribution in [0.25, 0.3) is 44.4 Å². The summed E-state index contributed by atoms with van der Waals surface area (Å²) in [5, 5.41) is 2.39. The Balaban J connectivity index is 0.000000277. The molecular weight excluding hydrogens is 2020 g/mol. The molecular formula is C100H76IIr3N6P-2. The van der Waals surface area contributed by atoms with Crippen molar-refractivity contribution >= 4 is 107 Å². The SMILES string of the molecule is CPI.[Ir].[Ir].[Ir].[c-]1ccccc1-c1ccccn1.[c-]1ccccc1-c1nccc2ccccc12.c1ccc(N(c2ccccc2)c2cc(N(c3ccccc3)c3ccccc3)cc(C3(c4cc(N(c5ccccc5)c5ccccc5)cc(N(c5ccccc5)c5ccccc5)c4)c4ccccc4-c4ccccc43)c2)cc1. The Morgan fingerprint density at radius 1 is 0.279 bits per heavy atom. The van der Waals surface area contributed by atoms with E-state index in [1.54, 1.807) is 6.20 Å². The van der Waals surface area contributed by atoms with Crippen LogP contribution in [-0.2, 0) is 65.7 Å². The van der Waals surface area contributed by atoms with Gasteiger partial charge in [0.05, 0.1) is 5.41 Å². The third kappa shape index (κ3) is 18.0. The van der Waals surface area contributed by atoms with E-state index in [0.717, 1.165) is 108 Å². The van der Waals surface area contributed by atoms with E-state index in [1.807, 2.05) is 91.1 Å². The second-order valence-electron chi connectivity index (χ2n) is 25.7. The van der Waals surface area contributed by atoms with Crippen LogP contribution in [0, 0.1) is 12.1 Å². The van der Waals surface area contributed by atoms with Crippen molar-refractivity contribution in [2.75, 3.05) is 26.3 Å². The number of halogens is 1. The van der Waals surface area contributed by atoms with E-state index in [1.165, 1.54) is 33.0 Å². The summed E-state index contributed by atoms with van der Waals surface area (Å²) in [6.07, 6.45) is 4.69. The molecule has 1 aliphatic carbocycles. The van der Waals surface area contributed by atoms with Gasteiger partial charge in [-0.05, 0) is 208 Å². The molecule has 1 unspecified atom stereocenters. The Morgan fingerprint density at radius 3 is 0.901 bits per heavy atom. The number of pyridine rings is 2. The minimum atomic E-state index is -0.890. The third-order valence-corrected chi connectivity index (χ3v) is 19.1. The molecule has 2 heterocycles. The van der Waals surface area contributed by atoms with Gasteiger partial charge in [-0.1, -0.05) is 259 Å². The van der Waals surface area contributed by atoms with Gasteiger partial charge in [0, 0.05) is 141 Å². The zero-order valence-electron chi connectivity index (χ0n) is 60.6. The quantitative estimate of drug-likeness (QED) is 0.0545. The normalized spacial score (nSPS) is 11.2. The van der Waals surface area contributed by atoms with E-state index in [0.29, 0.717) is 0 Å². The Hall–Kier alpha value is -10.8. The van der Waals surface area contributed by atoms with Crippen molar-refractivity contribution in [1.29, 1.82) is 0 Å². The molecule has 0 fully saturated rings. The van der Waals surface area contributed by atoms with Gasteiger partial charge in [-0.2, -0.15) is 0 Å². The fourth-order valence-corrected chi connectivity index (χ4v) is 14.5. The number of hydrogen-bond acceptors (Lipinski definition) is 6. The molecule has 0 spiro atoms. The maximum atomic E-state index is 4.45. The number of aromatic nitrogens is 2. The van der Waals surface area contributed by atoms with Crippen LogP contribution in [0.2, 0.25) is 0 Å². The number of rotatable bonds is 16. The van der Waals surface area contributed by atoms with Crippen molar-refractivity contribution in [3.05, 3.63) is 471 Å². The molecule has 17 aromatic rings. The van der Waals surface area contributed by atoms with Crippen LogP contribution in [0.3, 0.4) is 0 Å². The summed E-state index contributed by atoms with van der Waals surface area (Å²) in [6, 6.07) is 157. The van der Waals surface area contributed by atoms with Gasteiger partial charge in [-0.15, -0.1) is 71.8 Å². The molecule has 15 aromatic carbocycles. The summed E-state index contributed by atoms with van der Waals surface area (Å²) in [6.45, 7) is 2.14. The first-order valence-electron chi connectivity index (χ1n) is 36.1. The van der Waals surface area contributed by atoms with Crippen LogP contribution in [0.5, 0.6) is 0 Å². The summed E-state index contributed by atoms with van der Waals surface area (Å²) in [7, 11) is 0. The molecule has 0 bridgehead atoms. The molecule has 1 aliphatic rings. The van der Waals surface area contributed by atoms with Gasteiger partial charge in [0.25, 0.3) is 0 Å². The fourth-order valence-electron chi connectivity index (χ4n) is 14.5. The number of hydrogen-bond donors (Lipinski definition) is 0. The van der Waals surface area contributed by atoms with Gasteiger partial charge >= 0.3 is 0 Å². The number of benzene rings is 15. The summed E-state index contributed by atoms with van der Waals surface area (Å²) in [4.78, 5) is 18.3. The molecule has 0 N–H and O–H groups in total. The molecule has 2 aromatic heterocycles. The molecule has 0 amide bonds. The third-order valence-electron chi connectivity index (χ3n) is 19.1. The Bertz CT molecular complexity index is 5040. The Labute approximate surface area is 707 Å². The van der Waals surface area contributed by atoms with Gasteiger partial charge in [0.1, 0.15) is 0 Å². The van der Waals surface area contributed by atoms with Crippen LogP contribution < -0.4 is 19.6 Å². The summed E-state index contributed by atoms with van der Waals surface area (Å²) >= 11 is 2.32. The van der Waals surface area contributed by atoms with Crippen molar-refractivity contribution in [1.82, 2.24) is 9.97 Å². The van der Waals surface area contributed by atoms with Crippen molar-refractivity contribution in [3.63, 3.8) is 0 Å². The van der Waals surface area contributed by atoms with Gasteiger partial charge in [0.15, 0.2) is 0 Å². The predicted molar refractivity (Wildman–Crippen MR) is 465 cm³/mol. The molecule has 0 saturated heterocycles. The summed E-state index contributed by atoms with van der Waals surface area (Å²) in [5.74, 6) is 0. The summed E-state index contributed by atoms with van der Waals surface area (Å²) in [5.41, 5.74) is 22.8. The van der Waals surface area contributed by atoms with Gasteiger partial charge in [-0.3, -0.25) is 0 Å². The van der Waals surface area contributed by atoms with Crippen molar-refractivity contribution < 1.29 is 60.3 Å². The van der Waals surface area contributed by atoms with Gasteiger partial charge in [0.2, 0.25) is 0 Å². The molecule has 0 saturated carbocycles. The molecule has 0 aliphatic heterocycles. The minimum absolute atomic E-state index is 0. The van der Waals surface area contributed by atoms with Gasteiger partial charge in [-0.25, -0.2) is 0 Å². The topological polar surface area (TPSA) is 38.7 Å². The van der Waals surface area contributed by atoms with E-state index in [9.17, 15) is 0 Å².